The largest absolute Gasteiger partial charge is 0.493 e. The van der Waals surface area contributed by atoms with Crippen molar-refractivity contribution in [1.82, 2.24) is 4.98 Å². The van der Waals surface area contributed by atoms with E-state index < -0.39 is 12.5 Å². The van der Waals surface area contributed by atoms with Gasteiger partial charge in [-0.1, -0.05) is 12.1 Å². The van der Waals surface area contributed by atoms with Crippen molar-refractivity contribution in [3.8, 4) is 11.5 Å². The third-order valence-electron chi connectivity index (χ3n) is 2.70. The molecule has 8 heteroatoms. The first-order chi connectivity index (χ1) is 11.0. The molecule has 0 unspecified atom stereocenters. The molecule has 0 fully saturated rings. The van der Waals surface area contributed by atoms with Crippen LogP contribution in [-0.2, 0) is 4.79 Å². The Bertz CT molecular complexity index is 716. The Balaban J connectivity index is 2.16. The highest BCUT2D eigenvalue weighted by molar-refractivity contribution is 7.13. The van der Waals surface area contributed by atoms with Crippen molar-refractivity contribution in [2.24, 2.45) is 0 Å². The molecule has 0 aliphatic heterocycles. The molecule has 1 aromatic carbocycles. The van der Waals surface area contributed by atoms with E-state index in [1.807, 2.05) is 6.92 Å². The fourth-order valence-electron chi connectivity index (χ4n) is 1.76. The number of aryl methyl sites for hydroxylation is 1. The van der Waals surface area contributed by atoms with Gasteiger partial charge >= 0.3 is 6.61 Å². The Morgan fingerprint density at radius 1 is 1.43 bits per heavy atom. The molecular formula is C15H14F2N2O3S. The molecule has 1 N–H and O–H groups in total. The molecule has 2 aromatic rings. The van der Waals surface area contributed by atoms with Gasteiger partial charge in [0.15, 0.2) is 16.6 Å². The average Bonchev–Trinajstić information content (AvgIpc) is 2.90. The van der Waals surface area contributed by atoms with Crippen LogP contribution in [0.5, 0.6) is 11.5 Å². The highest BCUT2D eigenvalue weighted by atomic mass is 32.1. The lowest BCUT2D eigenvalue weighted by Gasteiger charge is -2.12. The average molecular weight is 340 g/mol. The number of alkyl halides is 2. The number of ether oxygens (including phenoxy) is 2. The van der Waals surface area contributed by atoms with E-state index in [1.165, 1.54) is 42.7 Å². The standard InChI is InChI=1S/C15H14F2N2O3S/c1-9-8-23-15(18-9)19-12(20)7-6-10-4-3-5-11(21-2)13(10)22-14(16)17/h3-8,14H,1-2H3,(H,18,19,20). The number of carbonyl (C=O) groups is 1. The first-order valence-electron chi connectivity index (χ1n) is 6.52. The monoisotopic (exact) mass is 340 g/mol. The highest BCUT2D eigenvalue weighted by Gasteiger charge is 2.14. The highest BCUT2D eigenvalue weighted by Crippen LogP contribution is 2.33. The van der Waals surface area contributed by atoms with Crippen LogP contribution in [0.15, 0.2) is 29.7 Å². The minimum atomic E-state index is -2.99. The molecule has 0 aliphatic rings. The predicted octanol–water partition coefficient (Wildman–Crippen LogP) is 3.71. The molecule has 5 nitrogen and oxygen atoms in total. The number of halogens is 2. The van der Waals surface area contributed by atoms with Crippen LogP contribution in [0.4, 0.5) is 13.9 Å². The van der Waals surface area contributed by atoms with E-state index in [9.17, 15) is 13.6 Å². The second kappa shape index (κ2) is 7.68. The summed E-state index contributed by atoms with van der Waals surface area (Å²) < 4.78 is 34.5. The second-order valence-electron chi connectivity index (χ2n) is 4.37. The minimum absolute atomic E-state index is 0.126. The molecule has 0 spiro atoms. The normalized spacial score (nSPS) is 11.0. The number of hydrogen-bond acceptors (Lipinski definition) is 5. The zero-order valence-electron chi connectivity index (χ0n) is 12.4. The van der Waals surface area contributed by atoms with Crippen LogP contribution in [0.2, 0.25) is 0 Å². The third-order valence-corrected chi connectivity index (χ3v) is 3.58. The molecular weight excluding hydrogens is 326 g/mol. The number of nitrogens with one attached hydrogen (secondary N) is 1. The molecule has 1 heterocycles. The maximum Gasteiger partial charge on any atom is 0.387 e. The number of anilines is 1. The maximum absolute atomic E-state index is 12.5. The predicted molar refractivity (Wildman–Crippen MR) is 84.1 cm³/mol. The van der Waals surface area contributed by atoms with E-state index >= 15 is 0 Å². The van der Waals surface area contributed by atoms with E-state index in [4.69, 9.17) is 4.74 Å². The molecule has 1 aromatic heterocycles. The Morgan fingerprint density at radius 2 is 2.22 bits per heavy atom. The van der Waals surface area contributed by atoms with Crippen LogP contribution in [0.25, 0.3) is 6.08 Å². The number of thiazole rings is 1. The summed E-state index contributed by atoms with van der Waals surface area (Å²) in [6, 6.07) is 4.64. The zero-order chi connectivity index (χ0) is 16.8. The Hall–Kier alpha value is -2.48. The van der Waals surface area contributed by atoms with Gasteiger partial charge in [0.05, 0.1) is 12.8 Å². The van der Waals surface area contributed by atoms with Crippen LogP contribution in [0, 0.1) is 6.92 Å². The molecule has 0 aliphatic carbocycles. The summed E-state index contributed by atoms with van der Waals surface area (Å²) in [5, 5.41) is 4.85. The Labute approximate surface area is 135 Å². The number of carbonyl (C=O) groups excluding carboxylic acids is 1. The van der Waals surface area contributed by atoms with E-state index in [1.54, 1.807) is 11.4 Å². The van der Waals surface area contributed by atoms with Crippen LogP contribution in [0.1, 0.15) is 11.3 Å². The quantitative estimate of drug-likeness (QED) is 0.814. The SMILES string of the molecule is COc1cccc(C=CC(=O)Nc2nc(C)cs2)c1OC(F)F. The molecule has 1 amide bonds. The first kappa shape index (κ1) is 16.9. The summed E-state index contributed by atoms with van der Waals surface area (Å²) >= 11 is 1.30. The van der Waals surface area contributed by atoms with Crippen LogP contribution in [0.3, 0.4) is 0 Å². The number of methoxy groups -OCH3 is 1. The van der Waals surface area contributed by atoms with Crippen molar-refractivity contribution in [3.63, 3.8) is 0 Å². The van der Waals surface area contributed by atoms with Crippen molar-refractivity contribution in [2.45, 2.75) is 13.5 Å². The molecule has 23 heavy (non-hydrogen) atoms. The molecule has 0 saturated heterocycles. The smallest absolute Gasteiger partial charge is 0.387 e. The second-order valence-corrected chi connectivity index (χ2v) is 5.23. The summed E-state index contributed by atoms with van der Waals surface area (Å²) in [4.78, 5) is 15.9. The number of para-hydroxylation sites is 1. The number of rotatable bonds is 6. The van der Waals surface area contributed by atoms with E-state index in [0.29, 0.717) is 10.7 Å². The molecule has 122 valence electrons. The molecule has 0 saturated carbocycles. The van der Waals surface area contributed by atoms with Gasteiger partial charge in [-0.15, -0.1) is 11.3 Å². The number of aromatic nitrogens is 1. The maximum atomic E-state index is 12.5. The van der Waals surface area contributed by atoms with Gasteiger partial charge in [-0.3, -0.25) is 10.1 Å². The van der Waals surface area contributed by atoms with Crippen LogP contribution < -0.4 is 14.8 Å². The lowest BCUT2D eigenvalue weighted by Crippen LogP contribution is -2.08. The van der Waals surface area contributed by atoms with E-state index in [-0.39, 0.29) is 11.5 Å². The van der Waals surface area contributed by atoms with Crippen molar-refractivity contribution in [1.29, 1.82) is 0 Å². The van der Waals surface area contributed by atoms with Gasteiger partial charge in [-0.05, 0) is 19.1 Å². The van der Waals surface area contributed by atoms with Crippen LogP contribution in [-0.4, -0.2) is 24.6 Å². The topological polar surface area (TPSA) is 60.5 Å². The van der Waals surface area contributed by atoms with Crippen LogP contribution >= 0.6 is 11.3 Å². The summed E-state index contributed by atoms with van der Waals surface area (Å²) in [7, 11) is 1.35. The molecule has 0 radical (unpaired) electrons. The fourth-order valence-corrected chi connectivity index (χ4v) is 2.46. The van der Waals surface area contributed by atoms with Crippen molar-refractivity contribution in [2.75, 3.05) is 12.4 Å². The fraction of sp³-hybridized carbons (Fsp3) is 0.200. The molecule has 0 atom stereocenters. The Kier molecular flexibility index (Phi) is 5.64. The first-order valence-corrected chi connectivity index (χ1v) is 7.40. The number of hydrogen-bond donors (Lipinski definition) is 1. The summed E-state index contributed by atoms with van der Waals surface area (Å²) in [6.45, 7) is -1.18. The Morgan fingerprint density at radius 3 is 2.83 bits per heavy atom. The summed E-state index contributed by atoms with van der Waals surface area (Å²) in [6.07, 6.45) is 2.58. The number of amides is 1. The van der Waals surface area contributed by atoms with E-state index in [0.717, 1.165) is 5.69 Å². The number of nitrogens with zero attached hydrogens (tertiary/aromatic N) is 1. The van der Waals surface area contributed by atoms with Crippen molar-refractivity contribution >= 4 is 28.5 Å². The van der Waals surface area contributed by atoms with Gasteiger partial charge in [-0.2, -0.15) is 8.78 Å². The van der Waals surface area contributed by atoms with Gasteiger partial charge in [0.1, 0.15) is 0 Å². The zero-order valence-corrected chi connectivity index (χ0v) is 13.2. The lowest BCUT2D eigenvalue weighted by atomic mass is 10.1. The minimum Gasteiger partial charge on any atom is -0.493 e. The number of benzene rings is 1. The van der Waals surface area contributed by atoms with E-state index in [2.05, 4.69) is 15.0 Å². The third kappa shape index (κ3) is 4.75. The summed E-state index contributed by atoms with van der Waals surface area (Å²) in [5.74, 6) is -0.396. The lowest BCUT2D eigenvalue weighted by molar-refractivity contribution is -0.111. The molecule has 0 bridgehead atoms. The van der Waals surface area contributed by atoms with Gasteiger partial charge in [-0.25, -0.2) is 4.98 Å². The van der Waals surface area contributed by atoms with Gasteiger partial charge < -0.3 is 9.47 Å². The molecule has 2 rings (SSSR count). The van der Waals surface area contributed by atoms with Gasteiger partial charge in [0.2, 0.25) is 5.91 Å². The van der Waals surface area contributed by atoms with Crippen molar-refractivity contribution in [3.05, 3.63) is 40.9 Å². The van der Waals surface area contributed by atoms with Gasteiger partial charge in [0, 0.05) is 17.0 Å². The van der Waals surface area contributed by atoms with Gasteiger partial charge in [0.25, 0.3) is 0 Å². The summed E-state index contributed by atoms with van der Waals surface area (Å²) in [5.41, 5.74) is 1.10. The van der Waals surface area contributed by atoms with Crippen molar-refractivity contribution < 1.29 is 23.0 Å².